The maximum atomic E-state index is 10.8. The summed E-state index contributed by atoms with van der Waals surface area (Å²) in [7, 11) is 0. The fourth-order valence-corrected chi connectivity index (χ4v) is 2.73. The van der Waals surface area contributed by atoms with Crippen LogP contribution in [-0.2, 0) is 4.79 Å². The molecular weight excluding hydrogens is 248 g/mol. The molecule has 0 spiro atoms. The summed E-state index contributed by atoms with van der Waals surface area (Å²) in [5.74, 6) is 0.819. The van der Waals surface area contributed by atoms with Crippen LogP contribution in [0, 0.1) is 13.8 Å². The molecule has 0 saturated carbocycles. The maximum absolute atomic E-state index is 10.8. The van der Waals surface area contributed by atoms with E-state index in [0.29, 0.717) is 13.1 Å². The number of thiophene rings is 1. The number of carbonyl (C=O) groups is 1. The first-order valence-electron chi connectivity index (χ1n) is 5.78. The Hall–Kier alpha value is -1.69. The van der Waals surface area contributed by atoms with Gasteiger partial charge in [0.25, 0.3) is 0 Å². The molecular formula is C12H16N4OS. The van der Waals surface area contributed by atoms with Crippen LogP contribution in [0.2, 0.25) is 0 Å². The van der Waals surface area contributed by atoms with Crippen molar-refractivity contribution in [1.82, 2.24) is 15.3 Å². The number of aryl methyl sites for hydroxylation is 2. The Morgan fingerprint density at radius 1 is 1.33 bits per heavy atom. The van der Waals surface area contributed by atoms with E-state index in [2.05, 4.69) is 34.4 Å². The van der Waals surface area contributed by atoms with Crippen molar-refractivity contribution in [2.24, 2.45) is 0 Å². The Bertz CT molecular complexity index is 579. The highest BCUT2D eigenvalue weighted by molar-refractivity contribution is 7.18. The monoisotopic (exact) mass is 264 g/mol. The van der Waals surface area contributed by atoms with E-state index in [0.717, 1.165) is 16.0 Å². The van der Waals surface area contributed by atoms with Crippen molar-refractivity contribution in [2.45, 2.75) is 20.8 Å². The molecule has 2 N–H and O–H groups in total. The summed E-state index contributed by atoms with van der Waals surface area (Å²) < 4.78 is 0. The number of hydrogen-bond acceptors (Lipinski definition) is 5. The Labute approximate surface area is 110 Å². The first-order chi connectivity index (χ1) is 8.59. The lowest BCUT2D eigenvalue weighted by atomic mass is 10.2. The van der Waals surface area contributed by atoms with Crippen LogP contribution < -0.4 is 10.6 Å². The van der Waals surface area contributed by atoms with Crippen LogP contribution in [0.25, 0.3) is 10.2 Å². The third kappa shape index (κ3) is 2.59. The molecule has 2 rings (SSSR count). The summed E-state index contributed by atoms with van der Waals surface area (Å²) in [6.45, 7) is 6.91. The van der Waals surface area contributed by atoms with Crippen LogP contribution in [0.15, 0.2) is 6.33 Å². The van der Waals surface area contributed by atoms with Crippen LogP contribution >= 0.6 is 11.3 Å². The molecule has 96 valence electrons. The maximum Gasteiger partial charge on any atom is 0.216 e. The number of anilines is 1. The van der Waals surface area contributed by atoms with Crippen LogP contribution in [0.5, 0.6) is 0 Å². The molecule has 6 heteroatoms. The molecule has 0 aromatic carbocycles. The molecule has 0 aliphatic heterocycles. The van der Waals surface area contributed by atoms with E-state index in [4.69, 9.17) is 0 Å². The second kappa shape index (κ2) is 5.30. The van der Waals surface area contributed by atoms with Crippen LogP contribution in [-0.4, -0.2) is 29.0 Å². The second-order valence-corrected chi connectivity index (χ2v) is 5.30. The molecule has 1 amide bonds. The molecule has 2 aromatic rings. The topological polar surface area (TPSA) is 66.9 Å². The van der Waals surface area contributed by atoms with Gasteiger partial charge < -0.3 is 10.6 Å². The zero-order valence-electron chi connectivity index (χ0n) is 10.7. The average molecular weight is 264 g/mol. The number of nitrogens with zero attached hydrogens (tertiary/aromatic N) is 2. The van der Waals surface area contributed by atoms with Crippen molar-refractivity contribution < 1.29 is 4.79 Å². The number of carbonyl (C=O) groups excluding carboxylic acids is 1. The predicted molar refractivity (Wildman–Crippen MR) is 74.1 cm³/mol. The fraction of sp³-hybridized carbons (Fsp3) is 0.417. The van der Waals surface area contributed by atoms with E-state index in [9.17, 15) is 4.79 Å². The third-order valence-electron chi connectivity index (χ3n) is 2.76. The number of nitrogens with one attached hydrogen (secondary N) is 2. The van der Waals surface area contributed by atoms with Gasteiger partial charge in [0.15, 0.2) is 0 Å². The highest BCUT2D eigenvalue weighted by Gasteiger charge is 2.11. The van der Waals surface area contributed by atoms with Gasteiger partial charge >= 0.3 is 0 Å². The molecule has 0 bridgehead atoms. The normalized spacial score (nSPS) is 10.6. The first kappa shape index (κ1) is 12.8. The molecule has 18 heavy (non-hydrogen) atoms. The quantitative estimate of drug-likeness (QED) is 0.827. The van der Waals surface area contributed by atoms with Crippen molar-refractivity contribution in [3.63, 3.8) is 0 Å². The largest absolute Gasteiger partial charge is 0.368 e. The number of hydrogen-bond donors (Lipinski definition) is 2. The van der Waals surface area contributed by atoms with E-state index in [1.165, 1.54) is 17.4 Å². The highest BCUT2D eigenvalue weighted by Crippen LogP contribution is 2.32. The van der Waals surface area contributed by atoms with Gasteiger partial charge in [-0.3, -0.25) is 4.79 Å². The summed E-state index contributed by atoms with van der Waals surface area (Å²) in [6.07, 6.45) is 1.57. The SMILES string of the molecule is CC(=O)NCCNc1ncnc2sc(C)c(C)c12. The second-order valence-electron chi connectivity index (χ2n) is 4.10. The van der Waals surface area contributed by atoms with Crippen molar-refractivity contribution in [2.75, 3.05) is 18.4 Å². The van der Waals surface area contributed by atoms with Crippen LogP contribution in [0.1, 0.15) is 17.4 Å². The lowest BCUT2D eigenvalue weighted by Gasteiger charge is -2.07. The zero-order chi connectivity index (χ0) is 13.1. The fourth-order valence-electron chi connectivity index (χ4n) is 1.74. The highest BCUT2D eigenvalue weighted by atomic mass is 32.1. The summed E-state index contributed by atoms with van der Waals surface area (Å²) in [5.41, 5.74) is 1.22. The predicted octanol–water partition coefficient (Wildman–Crippen LogP) is 1.86. The molecule has 0 unspecified atom stereocenters. The van der Waals surface area contributed by atoms with E-state index >= 15 is 0 Å². The Kier molecular flexibility index (Phi) is 3.76. The van der Waals surface area contributed by atoms with Gasteiger partial charge in [-0.05, 0) is 19.4 Å². The molecule has 2 aromatic heterocycles. The lowest BCUT2D eigenvalue weighted by molar-refractivity contribution is -0.118. The standard InChI is InChI=1S/C12H16N4OS/c1-7-8(2)18-12-10(7)11(15-6-16-12)14-5-4-13-9(3)17/h6H,4-5H2,1-3H3,(H,13,17)(H,14,15,16). The Balaban J connectivity index is 2.15. The first-order valence-corrected chi connectivity index (χ1v) is 6.60. The van der Waals surface area contributed by atoms with E-state index in [-0.39, 0.29) is 5.91 Å². The molecule has 0 aliphatic carbocycles. The smallest absolute Gasteiger partial charge is 0.216 e. The van der Waals surface area contributed by atoms with E-state index < -0.39 is 0 Å². The Morgan fingerprint density at radius 2 is 2.11 bits per heavy atom. The number of amides is 1. The van der Waals surface area contributed by atoms with Gasteiger partial charge in [-0.15, -0.1) is 11.3 Å². The molecule has 0 fully saturated rings. The average Bonchev–Trinajstić information content (AvgIpc) is 2.61. The summed E-state index contributed by atoms with van der Waals surface area (Å²) in [6, 6.07) is 0. The number of aromatic nitrogens is 2. The van der Waals surface area contributed by atoms with Crippen molar-refractivity contribution in [3.8, 4) is 0 Å². The minimum atomic E-state index is -0.0211. The van der Waals surface area contributed by atoms with Gasteiger partial charge in [0.2, 0.25) is 5.91 Å². The van der Waals surface area contributed by atoms with Crippen molar-refractivity contribution >= 4 is 33.3 Å². The summed E-state index contributed by atoms with van der Waals surface area (Å²) >= 11 is 1.68. The molecule has 2 heterocycles. The van der Waals surface area contributed by atoms with Gasteiger partial charge in [0, 0.05) is 24.9 Å². The van der Waals surface area contributed by atoms with Gasteiger partial charge in [-0.1, -0.05) is 0 Å². The van der Waals surface area contributed by atoms with Crippen LogP contribution in [0.4, 0.5) is 5.82 Å². The van der Waals surface area contributed by atoms with Crippen molar-refractivity contribution in [1.29, 1.82) is 0 Å². The molecule has 0 atom stereocenters. The molecule has 0 saturated heterocycles. The number of rotatable bonds is 4. The molecule has 0 radical (unpaired) electrons. The van der Waals surface area contributed by atoms with Gasteiger partial charge in [0.05, 0.1) is 5.39 Å². The number of fused-ring (bicyclic) bond motifs is 1. The molecule has 5 nitrogen and oxygen atoms in total. The lowest BCUT2D eigenvalue weighted by Crippen LogP contribution is -2.26. The summed E-state index contributed by atoms with van der Waals surface area (Å²) in [5, 5.41) is 7.07. The Morgan fingerprint density at radius 3 is 2.83 bits per heavy atom. The third-order valence-corrected chi connectivity index (χ3v) is 3.87. The minimum Gasteiger partial charge on any atom is -0.368 e. The van der Waals surface area contributed by atoms with Gasteiger partial charge in [0.1, 0.15) is 17.0 Å². The zero-order valence-corrected chi connectivity index (χ0v) is 11.5. The van der Waals surface area contributed by atoms with Crippen LogP contribution in [0.3, 0.4) is 0 Å². The van der Waals surface area contributed by atoms with Gasteiger partial charge in [-0.2, -0.15) is 0 Å². The van der Waals surface area contributed by atoms with E-state index in [1.54, 1.807) is 17.7 Å². The van der Waals surface area contributed by atoms with Crippen molar-refractivity contribution in [3.05, 3.63) is 16.8 Å². The minimum absolute atomic E-state index is 0.0211. The van der Waals surface area contributed by atoms with E-state index in [1.807, 2.05) is 0 Å². The summed E-state index contributed by atoms with van der Waals surface area (Å²) in [4.78, 5) is 21.6. The molecule has 0 aliphatic rings. The van der Waals surface area contributed by atoms with Gasteiger partial charge in [-0.25, -0.2) is 9.97 Å².